The molecular weight excluding hydrogens is 210 g/mol. The van der Waals surface area contributed by atoms with Crippen molar-refractivity contribution in [3.63, 3.8) is 0 Å². The minimum atomic E-state index is 0.263. The van der Waals surface area contributed by atoms with E-state index >= 15 is 0 Å². The summed E-state index contributed by atoms with van der Waals surface area (Å²) in [6.07, 6.45) is 5.56. The maximum atomic E-state index is 12.1. The topological polar surface area (TPSA) is 20.3 Å². The van der Waals surface area contributed by atoms with Gasteiger partial charge in [-0.25, -0.2) is 0 Å². The van der Waals surface area contributed by atoms with Gasteiger partial charge in [-0.05, 0) is 30.4 Å². The van der Waals surface area contributed by atoms with Crippen LogP contribution < -0.4 is 0 Å². The highest BCUT2D eigenvalue weighted by atomic mass is 16.2. The van der Waals surface area contributed by atoms with Gasteiger partial charge in [0.25, 0.3) is 0 Å². The largest absolute Gasteiger partial charge is 0.342 e. The Bertz CT molecular complexity index is 405. The number of benzene rings is 1. The molecule has 2 heteroatoms. The number of carbonyl (C=O) groups excluding carboxylic acids is 1. The van der Waals surface area contributed by atoms with Gasteiger partial charge < -0.3 is 4.90 Å². The summed E-state index contributed by atoms with van der Waals surface area (Å²) in [5.74, 6) is 0.263. The standard InChI is InChI=1S/C15H19NO/c1-2-7-13-8-3-4-9-14(13)12-15(17)16-10-5-6-11-16/h2-4,8-9H,1,5-7,10-12H2. The molecule has 1 aliphatic rings. The first-order valence-corrected chi connectivity index (χ1v) is 6.26. The molecule has 90 valence electrons. The molecular formula is C15H19NO. The van der Waals surface area contributed by atoms with Gasteiger partial charge in [0.15, 0.2) is 0 Å². The molecule has 0 aliphatic carbocycles. The molecule has 1 aromatic rings. The summed E-state index contributed by atoms with van der Waals surface area (Å²) in [5, 5.41) is 0. The lowest BCUT2D eigenvalue weighted by molar-refractivity contribution is -0.129. The van der Waals surface area contributed by atoms with E-state index in [9.17, 15) is 4.79 Å². The fourth-order valence-electron chi connectivity index (χ4n) is 2.33. The van der Waals surface area contributed by atoms with E-state index in [4.69, 9.17) is 0 Å². The third kappa shape index (κ3) is 2.96. The summed E-state index contributed by atoms with van der Waals surface area (Å²) in [6, 6.07) is 8.14. The van der Waals surface area contributed by atoms with Gasteiger partial charge in [0, 0.05) is 13.1 Å². The van der Waals surface area contributed by atoms with Crippen molar-refractivity contribution in [1.29, 1.82) is 0 Å². The van der Waals surface area contributed by atoms with Crippen LogP contribution in [0.3, 0.4) is 0 Å². The third-order valence-corrected chi connectivity index (χ3v) is 3.28. The Balaban J connectivity index is 2.06. The molecule has 0 bridgehead atoms. The number of hydrogen-bond acceptors (Lipinski definition) is 1. The molecule has 17 heavy (non-hydrogen) atoms. The Kier molecular flexibility index (Phi) is 3.97. The van der Waals surface area contributed by atoms with E-state index in [-0.39, 0.29) is 5.91 Å². The van der Waals surface area contributed by atoms with E-state index in [1.807, 2.05) is 29.2 Å². The van der Waals surface area contributed by atoms with Gasteiger partial charge >= 0.3 is 0 Å². The molecule has 0 spiro atoms. The van der Waals surface area contributed by atoms with Crippen molar-refractivity contribution >= 4 is 5.91 Å². The molecule has 0 aromatic heterocycles. The number of nitrogens with zero attached hydrogens (tertiary/aromatic N) is 1. The molecule has 2 nitrogen and oxygen atoms in total. The summed E-state index contributed by atoms with van der Waals surface area (Å²) >= 11 is 0. The maximum Gasteiger partial charge on any atom is 0.226 e. The lowest BCUT2D eigenvalue weighted by Crippen LogP contribution is -2.29. The average Bonchev–Trinajstić information content (AvgIpc) is 2.85. The summed E-state index contributed by atoms with van der Waals surface area (Å²) in [6.45, 7) is 5.62. The second-order valence-electron chi connectivity index (χ2n) is 4.53. The average molecular weight is 229 g/mol. The molecule has 1 saturated heterocycles. The molecule has 0 N–H and O–H groups in total. The highest BCUT2D eigenvalue weighted by molar-refractivity contribution is 5.79. The smallest absolute Gasteiger partial charge is 0.226 e. The van der Waals surface area contributed by atoms with E-state index < -0.39 is 0 Å². The molecule has 1 amide bonds. The van der Waals surface area contributed by atoms with Gasteiger partial charge in [0.1, 0.15) is 0 Å². The monoisotopic (exact) mass is 229 g/mol. The van der Waals surface area contributed by atoms with Gasteiger partial charge in [0.2, 0.25) is 5.91 Å². The van der Waals surface area contributed by atoms with Crippen LogP contribution in [-0.4, -0.2) is 23.9 Å². The Morgan fingerprint density at radius 1 is 1.24 bits per heavy atom. The van der Waals surface area contributed by atoms with Crippen LogP contribution in [0.2, 0.25) is 0 Å². The van der Waals surface area contributed by atoms with Crippen LogP contribution in [0.5, 0.6) is 0 Å². The van der Waals surface area contributed by atoms with Crippen LogP contribution in [0.25, 0.3) is 0 Å². The summed E-state index contributed by atoms with van der Waals surface area (Å²) in [7, 11) is 0. The van der Waals surface area contributed by atoms with E-state index in [1.54, 1.807) is 0 Å². The number of allylic oxidation sites excluding steroid dienone is 1. The summed E-state index contributed by atoms with van der Waals surface area (Å²) in [4.78, 5) is 14.0. The Labute approximate surface area is 103 Å². The zero-order chi connectivity index (χ0) is 12.1. The second-order valence-corrected chi connectivity index (χ2v) is 4.53. The van der Waals surface area contributed by atoms with Crippen LogP contribution in [0.4, 0.5) is 0 Å². The van der Waals surface area contributed by atoms with E-state index in [0.29, 0.717) is 6.42 Å². The Morgan fingerprint density at radius 3 is 2.53 bits per heavy atom. The van der Waals surface area contributed by atoms with Gasteiger partial charge in [-0.2, -0.15) is 0 Å². The SMILES string of the molecule is C=CCc1ccccc1CC(=O)N1CCCC1. The highest BCUT2D eigenvalue weighted by Crippen LogP contribution is 2.14. The molecule has 0 unspecified atom stereocenters. The minimum Gasteiger partial charge on any atom is -0.342 e. The molecule has 0 radical (unpaired) electrons. The Hall–Kier alpha value is -1.57. The molecule has 0 atom stereocenters. The number of amides is 1. The minimum absolute atomic E-state index is 0.263. The van der Waals surface area contributed by atoms with Crippen molar-refractivity contribution < 1.29 is 4.79 Å². The van der Waals surface area contributed by atoms with Crippen LogP contribution >= 0.6 is 0 Å². The summed E-state index contributed by atoms with van der Waals surface area (Å²) < 4.78 is 0. The summed E-state index contributed by atoms with van der Waals surface area (Å²) in [5.41, 5.74) is 2.36. The first kappa shape index (κ1) is 11.9. The van der Waals surface area contributed by atoms with Gasteiger partial charge in [0.05, 0.1) is 6.42 Å². The zero-order valence-electron chi connectivity index (χ0n) is 10.2. The van der Waals surface area contributed by atoms with E-state index in [1.165, 1.54) is 5.56 Å². The third-order valence-electron chi connectivity index (χ3n) is 3.28. The number of likely N-dealkylation sites (tertiary alicyclic amines) is 1. The zero-order valence-corrected chi connectivity index (χ0v) is 10.2. The molecule has 1 heterocycles. The van der Waals surface area contributed by atoms with Crippen molar-refractivity contribution in [1.82, 2.24) is 4.90 Å². The maximum absolute atomic E-state index is 12.1. The second kappa shape index (κ2) is 5.67. The van der Waals surface area contributed by atoms with Crippen molar-refractivity contribution in [3.05, 3.63) is 48.0 Å². The van der Waals surface area contributed by atoms with Crippen LogP contribution in [-0.2, 0) is 17.6 Å². The van der Waals surface area contributed by atoms with E-state index in [0.717, 1.165) is 37.9 Å². The predicted molar refractivity (Wildman–Crippen MR) is 69.9 cm³/mol. The predicted octanol–water partition coefficient (Wildman–Crippen LogP) is 2.58. The fourth-order valence-corrected chi connectivity index (χ4v) is 2.33. The van der Waals surface area contributed by atoms with Crippen molar-refractivity contribution in [2.75, 3.05) is 13.1 Å². The van der Waals surface area contributed by atoms with Crippen LogP contribution in [0.15, 0.2) is 36.9 Å². The van der Waals surface area contributed by atoms with Crippen LogP contribution in [0, 0.1) is 0 Å². The van der Waals surface area contributed by atoms with Crippen molar-refractivity contribution in [3.8, 4) is 0 Å². The van der Waals surface area contributed by atoms with Gasteiger partial charge in [-0.1, -0.05) is 30.3 Å². The van der Waals surface area contributed by atoms with Crippen LogP contribution in [0.1, 0.15) is 24.0 Å². The highest BCUT2D eigenvalue weighted by Gasteiger charge is 2.18. The normalized spacial score (nSPS) is 14.9. The Morgan fingerprint density at radius 2 is 1.88 bits per heavy atom. The first-order valence-electron chi connectivity index (χ1n) is 6.26. The fraction of sp³-hybridized carbons (Fsp3) is 0.400. The first-order chi connectivity index (χ1) is 8.31. The molecule has 0 saturated carbocycles. The lowest BCUT2D eigenvalue weighted by atomic mass is 10.0. The van der Waals surface area contributed by atoms with Crippen molar-refractivity contribution in [2.45, 2.75) is 25.7 Å². The molecule has 1 aromatic carbocycles. The number of carbonyl (C=O) groups is 1. The number of rotatable bonds is 4. The number of hydrogen-bond donors (Lipinski definition) is 0. The van der Waals surface area contributed by atoms with E-state index in [2.05, 4.69) is 12.6 Å². The van der Waals surface area contributed by atoms with Gasteiger partial charge in [-0.3, -0.25) is 4.79 Å². The molecule has 2 rings (SSSR count). The lowest BCUT2D eigenvalue weighted by Gasteiger charge is -2.16. The van der Waals surface area contributed by atoms with Gasteiger partial charge in [-0.15, -0.1) is 6.58 Å². The molecule has 1 aliphatic heterocycles. The molecule has 1 fully saturated rings. The quantitative estimate of drug-likeness (QED) is 0.727. The van der Waals surface area contributed by atoms with Crippen molar-refractivity contribution in [2.24, 2.45) is 0 Å².